The minimum atomic E-state index is -0.340. The summed E-state index contributed by atoms with van der Waals surface area (Å²) in [6.45, 7) is 7.11. The number of imidazole rings is 1. The van der Waals surface area contributed by atoms with Crippen LogP contribution in [0, 0.1) is 17.3 Å². The van der Waals surface area contributed by atoms with E-state index in [-0.39, 0.29) is 29.2 Å². The highest BCUT2D eigenvalue weighted by molar-refractivity contribution is 5.86. The van der Waals surface area contributed by atoms with Gasteiger partial charge in [-0.3, -0.25) is 9.13 Å². The van der Waals surface area contributed by atoms with Crippen LogP contribution >= 0.6 is 0 Å². The zero-order chi connectivity index (χ0) is 19.1. The van der Waals surface area contributed by atoms with E-state index in [1.165, 1.54) is 0 Å². The minimum absolute atomic E-state index is 0.00404. The molecule has 1 aromatic heterocycles. The summed E-state index contributed by atoms with van der Waals surface area (Å²) in [5.74, 6) is 0.166. The summed E-state index contributed by atoms with van der Waals surface area (Å²) in [5, 5.41) is 1.96. The van der Waals surface area contributed by atoms with E-state index < -0.39 is 0 Å². The lowest BCUT2D eigenvalue weighted by Crippen LogP contribution is -2.41. The molecule has 0 saturated heterocycles. The van der Waals surface area contributed by atoms with Gasteiger partial charge in [-0.15, -0.1) is 0 Å². The summed E-state index contributed by atoms with van der Waals surface area (Å²) in [5.41, 5.74) is 0.0601. The van der Waals surface area contributed by atoms with Crippen molar-refractivity contribution in [2.75, 3.05) is 14.2 Å². The van der Waals surface area contributed by atoms with Gasteiger partial charge in [0.15, 0.2) is 6.23 Å². The molecule has 1 aliphatic heterocycles. The number of rotatable bonds is 3. The van der Waals surface area contributed by atoms with Crippen molar-refractivity contribution in [2.24, 2.45) is 34.3 Å². The maximum atomic E-state index is 12.7. The maximum Gasteiger partial charge on any atom is 0.328 e. The Bertz CT molecular complexity index is 914. The fourth-order valence-electron chi connectivity index (χ4n) is 3.61. The number of aromatic nitrogens is 2. The normalized spacial score (nSPS) is 25.2. The second-order valence-electron chi connectivity index (χ2n) is 8.13. The summed E-state index contributed by atoms with van der Waals surface area (Å²) < 4.78 is 14.3. The molecular formula is C19H28N4O3. The summed E-state index contributed by atoms with van der Waals surface area (Å²) >= 11 is 0. The number of fused-ring (bicyclic) bond motifs is 1. The molecule has 2 heterocycles. The van der Waals surface area contributed by atoms with E-state index in [1.54, 1.807) is 18.8 Å². The molecule has 2 aliphatic rings. The van der Waals surface area contributed by atoms with Crippen LogP contribution in [0.2, 0.25) is 0 Å². The first-order chi connectivity index (χ1) is 12.2. The van der Waals surface area contributed by atoms with E-state index in [2.05, 4.69) is 42.9 Å². The highest BCUT2D eigenvalue weighted by Gasteiger charge is 2.31. The smallest absolute Gasteiger partial charge is 0.328 e. The van der Waals surface area contributed by atoms with Crippen LogP contribution in [0.1, 0.15) is 27.2 Å². The molecule has 0 amide bonds. The largest absolute Gasteiger partial charge is 0.467 e. The Hall–Kier alpha value is -2.15. The fraction of sp³-hybridized carbons (Fsp3) is 0.632. The maximum absolute atomic E-state index is 12.7. The van der Waals surface area contributed by atoms with Crippen LogP contribution in [0.15, 0.2) is 14.8 Å². The molecule has 0 spiro atoms. The Morgan fingerprint density at radius 1 is 1.27 bits per heavy atom. The van der Waals surface area contributed by atoms with Crippen LogP contribution < -0.4 is 16.4 Å². The highest BCUT2D eigenvalue weighted by Crippen LogP contribution is 2.26. The third-order valence-corrected chi connectivity index (χ3v) is 4.86. The average Bonchev–Trinajstić information content (AvgIpc) is 2.84. The molecule has 0 aromatic carbocycles. The van der Waals surface area contributed by atoms with Crippen LogP contribution in [-0.4, -0.2) is 41.8 Å². The van der Waals surface area contributed by atoms with Crippen molar-refractivity contribution in [1.29, 1.82) is 0 Å². The highest BCUT2D eigenvalue weighted by atomic mass is 16.5. The summed E-state index contributed by atoms with van der Waals surface area (Å²) in [4.78, 5) is 21.4. The quantitative estimate of drug-likeness (QED) is 0.788. The average molecular weight is 360 g/mol. The van der Waals surface area contributed by atoms with Gasteiger partial charge in [0.25, 0.3) is 0 Å². The number of hydrogen-bond donors (Lipinski definition) is 0. The number of aliphatic imine (C=N–C) groups is 2. The zero-order valence-electron chi connectivity index (χ0n) is 16.4. The van der Waals surface area contributed by atoms with E-state index in [4.69, 9.17) is 9.47 Å². The van der Waals surface area contributed by atoms with Gasteiger partial charge in [0, 0.05) is 32.8 Å². The molecular weight excluding hydrogens is 332 g/mol. The second kappa shape index (κ2) is 6.87. The first-order valence-corrected chi connectivity index (χ1v) is 8.91. The monoisotopic (exact) mass is 360 g/mol. The Labute approximate surface area is 153 Å². The van der Waals surface area contributed by atoms with Crippen molar-refractivity contribution < 1.29 is 9.47 Å². The molecule has 0 bridgehead atoms. The predicted molar refractivity (Wildman–Crippen MR) is 103 cm³/mol. The molecule has 0 N–H and O–H groups in total. The van der Waals surface area contributed by atoms with E-state index in [0.717, 1.165) is 17.1 Å². The Morgan fingerprint density at radius 3 is 2.62 bits per heavy atom. The van der Waals surface area contributed by atoms with E-state index >= 15 is 0 Å². The van der Waals surface area contributed by atoms with Crippen LogP contribution in [0.3, 0.4) is 0 Å². The van der Waals surface area contributed by atoms with Gasteiger partial charge >= 0.3 is 11.7 Å². The van der Waals surface area contributed by atoms with Gasteiger partial charge in [-0.2, -0.15) is 0 Å². The van der Waals surface area contributed by atoms with Crippen molar-refractivity contribution >= 4 is 24.4 Å². The molecule has 0 saturated carbocycles. The Kier molecular flexibility index (Phi) is 4.92. The molecule has 3 unspecified atom stereocenters. The number of methoxy groups -OCH3 is 2. The van der Waals surface area contributed by atoms with Crippen molar-refractivity contribution in [1.82, 2.24) is 9.13 Å². The lowest BCUT2D eigenvalue weighted by Gasteiger charge is -2.28. The second-order valence-corrected chi connectivity index (χ2v) is 8.13. The van der Waals surface area contributed by atoms with Gasteiger partial charge in [-0.25, -0.2) is 14.8 Å². The van der Waals surface area contributed by atoms with Crippen molar-refractivity contribution in [3.63, 3.8) is 0 Å². The van der Waals surface area contributed by atoms with Gasteiger partial charge in [0.05, 0.1) is 17.8 Å². The Balaban J connectivity index is 2.00. The summed E-state index contributed by atoms with van der Waals surface area (Å²) in [6.07, 6.45) is 6.64. The van der Waals surface area contributed by atoms with Gasteiger partial charge in [-0.05, 0) is 17.8 Å². The lowest BCUT2D eigenvalue weighted by molar-refractivity contribution is 0.0689. The lowest BCUT2D eigenvalue weighted by atomic mass is 9.86. The molecule has 7 nitrogen and oxygen atoms in total. The molecule has 1 aromatic rings. The minimum Gasteiger partial charge on any atom is -0.467 e. The van der Waals surface area contributed by atoms with E-state index in [9.17, 15) is 4.79 Å². The van der Waals surface area contributed by atoms with Crippen molar-refractivity contribution in [2.45, 2.75) is 40.0 Å². The topological polar surface area (TPSA) is 70.1 Å². The molecule has 142 valence electrons. The first kappa shape index (κ1) is 18.6. The van der Waals surface area contributed by atoms with Crippen LogP contribution in [0.25, 0.3) is 12.2 Å². The fourth-order valence-corrected chi connectivity index (χ4v) is 3.61. The standard InChI is InChI=1S/C19H28N4O3/c1-19(2,3)11-23-14-8-7-12(9-15(14)22(4)18(23)24)13-10-20-17(26-6)21-16(13)25-5/h8-10,12-13,16H,7,11H2,1-6H3. The number of hydrogen-bond acceptors (Lipinski definition) is 5. The molecule has 3 atom stereocenters. The SMILES string of the molecule is COC1=NC(OC)C(C2C=c3c(n(CC(C)(C)C)c(=O)n3C)=CC2)C=N1. The van der Waals surface area contributed by atoms with Crippen molar-refractivity contribution in [3.05, 3.63) is 21.2 Å². The summed E-state index contributed by atoms with van der Waals surface area (Å²) in [7, 11) is 5.02. The van der Waals surface area contributed by atoms with Gasteiger partial charge < -0.3 is 9.47 Å². The zero-order valence-corrected chi connectivity index (χ0v) is 16.4. The van der Waals surface area contributed by atoms with Crippen LogP contribution in [0.5, 0.6) is 0 Å². The first-order valence-electron chi connectivity index (χ1n) is 8.91. The van der Waals surface area contributed by atoms with E-state index in [1.807, 2.05) is 17.8 Å². The molecule has 0 radical (unpaired) electrons. The van der Waals surface area contributed by atoms with Crippen LogP contribution in [0.4, 0.5) is 0 Å². The van der Waals surface area contributed by atoms with Crippen molar-refractivity contribution in [3.8, 4) is 0 Å². The molecule has 0 fully saturated rings. The third-order valence-electron chi connectivity index (χ3n) is 4.86. The Morgan fingerprint density at radius 2 is 2.00 bits per heavy atom. The number of ether oxygens (including phenoxy) is 2. The molecule has 7 heteroatoms. The molecule has 3 rings (SSSR count). The predicted octanol–water partition coefficient (Wildman–Crippen LogP) is 0.489. The van der Waals surface area contributed by atoms with Gasteiger partial charge in [0.1, 0.15) is 0 Å². The van der Waals surface area contributed by atoms with Gasteiger partial charge in [0.2, 0.25) is 0 Å². The molecule has 1 aliphatic carbocycles. The van der Waals surface area contributed by atoms with Gasteiger partial charge in [-0.1, -0.05) is 32.9 Å². The van der Waals surface area contributed by atoms with Crippen LogP contribution in [-0.2, 0) is 23.1 Å². The molecule has 26 heavy (non-hydrogen) atoms. The summed E-state index contributed by atoms with van der Waals surface area (Å²) in [6, 6.07) is 0.331. The number of amidine groups is 1. The third kappa shape index (κ3) is 3.40. The number of nitrogens with zero attached hydrogens (tertiary/aromatic N) is 4. The van der Waals surface area contributed by atoms with E-state index in [0.29, 0.717) is 12.6 Å².